The third-order valence-electron chi connectivity index (χ3n) is 2.96. The van der Waals surface area contributed by atoms with E-state index in [1.807, 2.05) is 13.8 Å². The summed E-state index contributed by atoms with van der Waals surface area (Å²) < 4.78 is 0. The van der Waals surface area contributed by atoms with E-state index in [1.165, 1.54) is 32.4 Å². The highest BCUT2D eigenvalue weighted by molar-refractivity contribution is 4.73. The van der Waals surface area contributed by atoms with Crippen molar-refractivity contribution in [3.8, 4) is 0 Å². The highest BCUT2D eigenvalue weighted by atomic mass is 15.1. The fourth-order valence-electron chi connectivity index (χ4n) is 1.88. The molecule has 80 valence electrons. The Balaban J connectivity index is 0.000000671. The molecule has 1 fully saturated rings. The lowest BCUT2D eigenvalue weighted by atomic mass is 9.94. The Bertz CT molecular complexity index is 102. The number of rotatable bonds is 2. The Kier molecular flexibility index (Phi) is 7.35. The van der Waals surface area contributed by atoms with Gasteiger partial charge in [-0.05, 0) is 45.7 Å². The number of piperidine rings is 1. The highest BCUT2D eigenvalue weighted by Crippen LogP contribution is 2.20. The highest BCUT2D eigenvalue weighted by Gasteiger charge is 2.18. The van der Waals surface area contributed by atoms with Crippen LogP contribution in [0.25, 0.3) is 0 Å². The second-order valence-corrected chi connectivity index (χ2v) is 3.98. The SMILES string of the molecule is CC.CCC1CCN(C(C)C)CC1. The van der Waals surface area contributed by atoms with Crippen LogP contribution < -0.4 is 0 Å². The van der Waals surface area contributed by atoms with Crippen molar-refractivity contribution < 1.29 is 0 Å². The number of hydrogen-bond donors (Lipinski definition) is 0. The van der Waals surface area contributed by atoms with E-state index in [9.17, 15) is 0 Å². The molecule has 0 aromatic carbocycles. The average molecular weight is 185 g/mol. The minimum absolute atomic E-state index is 0.757. The summed E-state index contributed by atoms with van der Waals surface area (Å²) in [7, 11) is 0. The van der Waals surface area contributed by atoms with Crippen LogP contribution in [-0.4, -0.2) is 24.0 Å². The summed E-state index contributed by atoms with van der Waals surface area (Å²) in [5, 5.41) is 0. The summed E-state index contributed by atoms with van der Waals surface area (Å²) >= 11 is 0. The third kappa shape index (κ3) is 4.66. The van der Waals surface area contributed by atoms with Crippen LogP contribution in [0.15, 0.2) is 0 Å². The van der Waals surface area contributed by atoms with Crippen LogP contribution in [0.4, 0.5) is 0 Å². The van der Waals surface area contributed by atoms with Gasteiger partial charge in [-0.2, -0.15) is 0 Å². The Morgan fingerprint density at radius 2 is 1.62 bits per heavy atom. The normalized spacial score (nSPS) is 19.8. The van der Waals surface area contributed by atoms with Crippen molar-refractivity contribution in [1.29, 1.82) is 0 Å². The zero-order valence-electron chi connectivity index (χ0n) is 10.1. The van der Waals surface area contributed by atoms with Crippen LogP contribution in [0, 0.1) is 5.92 Å². The molecule has 0 aromatic rings. The van der Waals surface area contributed by atoms with E-state index in [0.717, 1.165) is 12.0 Å². The van der Waals surface area contributed by atoms with Gasteiger partial charge in [0.15, 0.2) is 0 Å². The van der Waals surface area contributed by atoms with E-state index in [0.29, 0.717) is 0 Å². The summed E-state index contributed by atoms with van der Waals surface area (Å²) in [5.74, 6) is 1.02. The molecule has 0 saturated carbocycles. The Labute approximate surface area is 84.5 Å². The third-order valence-corrected chi connectivity index (χ3v) is 2.96. The Morgan fingerprint density at radius 3 is 1.92 bits per heavy atom. The summed E-state index contributed by atoms with van der Waals surface area (Å²) in [6, 6.07) is 0.757. The van der Waals surface area contributed by atoms with Gasteiger partial charge in [0.25, 0.3) is 0 Å². The van der Waals surface area contributed by atoms with Crippen LogP contribution in [0.5, 0.6) is 0 Å². The minimum Gasteiger partial charge on any atom is -0.301 e. The molecule has 1 heteroatoms. The molecule has 0 atom stereocenters. The fraction of sp³-hybridized carbons (Fsp3) is 1.00. The summed E-state index contributed by atoms with van der Waals surface area (Å²) in [5.41, 5.74) is 0. The molecule has 0 unspecified atom stereocenters. The van der Waals surface area contributed by atoms with Gasteiger partial charge in [-0.15, -0.1) is 0 Å². The van der Waals surface area contributed by atoms with E-state index < -0.39 is 0 Å². The number of nitrogens with zero attached hydrogens (tertiary/aromatic N) is 1. The lowest BCUT2D eigenvalue weighted by Gasteiger charge is -2.34. The molecule has 1 nitrogen and oxygen atoms in total. The first kappa shape index (κ1) is 13.0. The molecule has 1 rings (SSSR count). The number of likely N-dealkylation sites (tertiary alicyclic amines) is 1. The van der Waals surface area contributed by atoms with E-state index >= 15 is 0 Å². The summed E-state index contributed by atoms with van der Waals surface area (Å²) in [6.45, 7) is 13.6. The van der Waals surface area contributed by atoms with Gasteiger partial charge in [0.1, 0.15) is 0 Å². The molecule has 1 saturated heterocycles. The molecular formula is C12H27N. The standard InChI is InChI=1S/C10H21N.C2H6/c1-4-10-5-7-11(8-6-10)9(2)3;1-2/h9-10H,4-8H2,1-3H3;1-2H3. The average Bonchev–Trinajstić information content (AvgIpc) is 2.21. The quantitative estimate of drug-likeness (QED) is 0.636. The van der Waals surface area contributed by atoms with Crippen LogP contribution in [0.1, 0.15) is 53.9 Å². The molecular weight excluding hydrogens is 158 g/mol. The lowest BCUT2D eigenvalue weighted by molar-refractivity contribution is 0.148. The van der Waals surface area contributed by atoms with Crippen molar-refractivity contribution in [1.82, 2.24) is 4.90 Å². The van der Waals surface area contributed by atoms with Crippen molar-refractivity contribution in [2.75, 3.05) is 13.1 Å². The maximum atomic E-state index is 2.59. The molecule has 0 spiro atoms. The predicted molar refractivity (Wildman–Crippen MR) is 61.1 cm³/mol. The molecule has 0 radical (unpaired) electrons. The maximum absolute atomic E-state index is 2.59. The molecule has 0 aliphatic carbocycles. The zero-order chi connectivity index (χ0) is 10.3. The first-order valence-electron chi connectivity index (χ1n) is 5.98. The van der Waals surface area contributed by atoms with E-state index in [2.05, 4.69) is 25.7 Å². The Morgan fingerprint density at radius 1 is 1.15 bits per heavy atom. The minimum atomic E-state index is 0.757. The lowest BCUT2D eigenvalue weighted by Crippen LogP contribution is -2.38. The van der Waals surface area contributed by atoms with Gasteiger partial charge in [0.2, 0.25) is 0 Å². The van der Waals surface area contributed by atoms with Crippen LogP contribution in [0.2, 0.25) is 0 Å². The topological polar surface area (TPSA) is 3.24 Å². The largest absolute Gasteiger partial charge is 0.301 e. The molecule has 0 bridgehead atoms. The van der Waals surface area contributed by atoms with Gasteiger partial charge >= 0.3 is 0 Å². The molecule has 1 aliphatic rings. The van der Waals surface area contributed by atoms with Gasteiger partial charge in [-0.1, -0.05) is 27.2 Å². The molecule has 0 N–H and O–H groups in total. The number of hydrogen-bond acceptors (Lipinski definition) is 1. The van der Waals surface area contributed by atoms with Crippen molar-refractivity contribution in [3.05, 3.63) is 0 Å². The predicted octanol–water partition coefficient (Wildman–Crippen LogP) is 3.54. The van der Waals surface area contributed by atoms with Gasteiger partial charge < -0.3 is 4.90 Å². The summed E-state index contributed by atoms with van der Waals surface area (Å²) in [4.78, 5) is 2.59. The van der Waals surface area contributed by atoms with E-state index in [-0.39, 0.29) is 0 Å². The monoisotopic (exact) mass is 185 g/mol. The second-order valence-electron chi connectivity index (χ2n) is 3.98. The Hall–Kier alpha value is -0.0400. The molecule has 0 aromatic heterocycles. The van der Waals surface area contributed by atoms with E-state index in [4.69, 9.17) is 0 Å². The zero-order valence-corrected chi connectivity index (χ0v) is 10.1. The first-order chi connectivity index (χ1) is 6.24. The molecule has 1 heterocycles. The molecule has 0 amide bonds. The van der Waals surface area contributed by atoms with Gasteiger partial charge in [-0.25, -0.2) is 0 Å². The smallest absolute Gasteiger partial charge is 0.00385 e. The molecule has 13 heavy (non-hydrogen) atoms. The maximum Gasteiger partial charge on any atom is 0.00385 e. The van der Waals surface area contributed by atoms with Crippen molar-refractivity contribution in [2.24, 2.45) is 5.92 Å². The van der Waals surface area contributed by atoms with Crippen molar-refractivity contribution in [2.45, 2.75) is 59.9 Å². The van der Waals surface area contributed by atoms with E-state index in [1.54, 1.807) is 0 Å². The first-order valence-corrected chi connectivity index (χ1v) is 5.98. The van der Waals surface area contributed by atoms with Gasteiger partial charge in [0, 0.05) is 6.04 Å². The van der Waals surface area contributed by atoms with Crippen LogP contribution in [0.3, 0.4) is 0 Å². The fourth-order valence-corrected chi connectivity index (χ4v) is 1.88. The van der Waals surface area contributed by atoms with Gasteiger partial charge in [0.05, 0.1) is 0 Å². The van der Waals surface area contributed by atoms with Crippen molar-refractivity contribution >= 4 is 0 Å². The summed E-state index contributed by atoms with van der Waals surface area (Å²) in [6.07, 6.45) is 4.23. The molecule has 1 aliphatic heterocycles. The van der Waals surface area contributed by atoms with Crippen molar-refractivity contribution in [3.63, 3.8) is 0 Å². The van der Waals surface area contributed by atoms with Gasteiger partial charge in [-0.3, -0.25) is 0 Å². The van der Waals surface area contributed by atoms with Crippen LogP contribution in [-0.2, 0) is 0 Å². The second kappa shape index (κ2) is 7.37. The van der Waals surface area contributed by atoms with Crippen LogP contribution >= 0.6 is 0 Å².